The Morgan fingerprint density at radius 3 is 1.19 bits per heavy atom. The normalized spacial score (nSPS) is 13.2. The topological polar surface area (TPSA) is 60.7 Å². The lowest BCUT2D eigenvalue weighted by molar-refractivity contribution is 0.340. The van der Waals surface area contributed by atoms with Crippen molar-refractivity contribution in [2.75, 3.05) is 6.61 Å². The average molecular weight is 609 g/mol. The van der Waals surface area contributed by atoms with Crippen LogP contribution in [0.15, 0.2) is 133 Å². The molecule has 4 aromatic carbocycles. The molecular weight excluding hydrogens is 561 g/mol. The molecule has 226 valence electrons. The third kappa shape index (κ3) is 7.03. The van der Waals surface area contributed by atoms with Crippen molar-refractivity contribution in [1.82, 2.24) is 0 Å². The van der Waals surface area contributed by atoms with E-state index in [1.807, 2.05) is 78.9 Å². The van der Waals surface area contributed by atoms with Crippen molar-refractivity contribution in [3.05, 3.63) is 133 Å². The summed E-state index contributed by atoms with van der Waals surface area (Å²) in [5.41, 5.74) is 1.22. The number of rotatable bonds is 14. The summed E-state index contributed by atoms with van der Waals surface area (Å²) in [5.74, 6) is 0. The van der Waals surface area contributed by atoms with Gasteiger partial charge in [-0.05, 0) is 62.9 Å². The highest BCUT2D eigenvalue weighted by Crippen LogP contribution is 2.43. The molecule has 0 saturated carbocycles. The van der Waals surface area contributed by atoms with E-state index in [4.69, 9.17) is 0 Å². The van der Waals surface area contributed by atoms with E-state index in [1.54, 1.807) is 0 Å². The Labute approximate surface area is 260 Å². The van der Waals surface area contributed by atoms with Gasteiger partial charge in [0.2, 0.25) is 0 Å². The van der Waals surface area contributed by atoms with Crippen LogP contribution in [-0.4, -0.2) is 37.9 Å². The summed E-state index contributed by atoms with van der Waals surface area (Å²) in [5, 5.41) is 13.4. The molecule has 0 heterocycles. The molecule has 5 heteroatoms. The monoisotopic (exact) mass is 608 g/mol. The van der Waals surface area contributed by atoms with Gasteiger partial charge in [-0.15, -0.1) is 0 Å². The maximum Gasteiger partial charge on any atom is 0.258 e. The Bertz CT molecular complexity index is 1360. The van der Waals surface area contributed by atoms with Crippen LogP contribution in [-0.2, 0) is 0 Å². The van der Waals surface area contributed by atoms with Gasteiger partial charge in [0, 0.05) is 0 Å². The van der Waals surface area contributed by atoms with Gasteiger partial charge in [0.05, 0.1) is 6.61 Å². The van der Waals surface area contributed by atoms with Gasteiger partial charge in [0.15, 0.2) is 0 Å². The molecule has 3 N–H and O–H groups in total. The van der Waals surface area contributed by atoms with E-state index in [0.29, 0.717) is 0 Å². The second-order valence-electron chi connectivity index (χ2n) is 13.1. The first-order chi connectivity index (χ1) is 20.6. The minimum Gasteiger partial charge on any atom is -0.424 e. The van der Waals surface area contributed by atoms with E-state index in [0.717, 1.165) is 52.9 Å². The van der Waals surface area contributed by atoms with E-state index >= 15 is 0 Å². The Morgan fingerprint density at radius 1 is 0.535 bits per heavy atom. The van der Waals surface area contributed by atoms with Crippen LogP contribution in [0.3, 0.4) is 0 Å². The third-order valence-corrected chi connectivity index (χ3v) is 18.6. The molecule has 3 nitrogen and oxygen atoms in total. The molecule has 4 aromatic rings. The van der Waals surface area contributed by atoms with Crippen molar-refractivity contribution in [2.45, 2.75) is 69.9 Å². The molecule has 0 aliphatic rings. The lowest BCUT2D eigenvalue weighted by Gasteiger charge is -2.42. The van der Waals surface area contributed by atoms with Crippen LogP contribution in [0.1, 0.15) is 59.8 Å². The predicted octanol–water partition coefficient (Wildman–Crippen LogP) is 5.92. The minimum atomic E-state index is -3.10. The summed E-state index contributed by atoms with van der Waals surface area (Å²) in [4.78, 5) is 25.1. The van der Waals surface area contributed by atoms with Crippen LogP contribution >= 0.6 is 0 Å². The van der Waals surface area contributed by atoms with Crippen LogP contribution in [0.4, 0.5) is 0 Å². The van der Waals surface area contributed by atoms with E-state index in [1.165, 1.54) is 5.57 Å². The summed E-state index contributed by atoms with van der Waals surface area (Å²) in [6.07, 6.45) is 6.19. The highest BCUT2D eigenvalue weighted by molar-refractivity contribution is 6.99. The number of allylic oxidation sites excluding steroid dienone is 1. The molecule has 0 bridgehead atoms. The van der Waals surface area contributed by atoms with Gasteiger partial charge in [0.25, 0.3) is 16.6 Å². The van der Waals surface area contributed by atoms with E-state index < -0.39 is 16.6 Å². The molecule has 0 aromatic heterocycles. The van der Waals surface area contributed by atoms with E-state index in [-0.39, 0.29) is 16.7 Å². The summed E-state index contributed by atoms with van der Waals surface area (Å²) >= 11 is 0. The summed E-state index contributed by atoms with van der Waals surface area (Å²) in [7, 11) is -6.16. The summed E-state index contributed by atoms with van der Waals surface area (Å²) < 4.78 is 0. The molecule has 0 amide bonds. The molecule has 43 heavy (non-hydrogen) atoms. The molecular formula is C38H48O3Si2. The first kappa shape index (κ1) is 32.8. The number of aliphatic hydroxyl groups excluding tert-OH is 1. The highest BCUT2D eigenvalue weighted by Gasteiger charge is 2.50. The number of aliphatic hydroxyl groups is 1. The number of hydrogen-bond acceptors (Lipinski definition) is 3. The van der Waals surface area contributed by atoms with Crippen LogP contribution in [0.2, 0.25) is 10.1 Å². The van der Waals surface area contributed by atoms with Crippen LogP contribution < -0.4 is 20.7 Å². The maximum atomic E-state index is 12.6. The number of hydrogen-bond donors (Lipinski definition) is 3. The average Bonchev–Trinajstić information content (AvgIpc) is 3.04. The number of benzene rings is 4. The van der Waals surface area contributed by atoms with Crippen molar-refractivity contribution >= 4 is 37.4 Å². The fourth-order valence-corrected chi connectivity index (χ4v) is 14.2. The van der Waals surface area contributed by atoms with Gasteiger partial charge in [-0.2, -0.15) is 0 Å². The molecule has 0 unspecified atom stereocenters. The van der Waals surface area contributed by atoms with Crippen LogP contribution in [0.25, 0.3) is 0 Å². The van der Waals surface area contributed by atoms with Gasteiger partial charge >= 0.3 is 0 Å². The Balaban J connectivity index is 1.51. The molecule has 0 spiro atoms. The van der Waals surface area contributed by atoms with Crippen molar-refractivity contribution in [3.8, 4) is 0 Å². The zero-order valence-corrected chi connectivity index (χ0v) is 28.2. The summed E-state index contributed by atoms with van der Waals surface area (Å²) in [6, 6.07) is 40.7. The first-order valence-corrected chi connectivity index (χ1v) is 19.4. The highest BCUT2D eigenvalue weighted by atomic mass is 28.4. The fourth-order valence-electron chi connectivity index (χ4n) is 6.66. The fraction of sp³-hybridized carbons (Fsp3) is 0.316. The molecule has 0 aliphatic heterocycles. The lowest BCUT2D eigenvalue weighted by atomic mass is 9.95. The Kier molecular flexibility index (Phi) is 10.8. The largest absolute Gasteiger partial charge is 0.424 e. The van der Waals surface area contributed by atoms with Gasteiger partial charge < -0.3 is 14.7 Å². The molecule has 0 aliphatic carbocycles. The van der Waals surface area contributed by atoms with Crippen molar-refractivity contribution in [3.63, 3.8) is 0 Å². The minimum absolute atomic E-state index is 0.00490. The molecule has 0 fully saturated rings. The lowest BCUT2D eigenvalue weighted by Crippen LogP contribution is -2.65. The van der Waals surface area contributed by atoms with Crippen LogP contribution in [0, 0.1) is 0 Å². The second-order valence-corrected chi connectivity index (χ2v) is 20.9. The molecule has 0 saturated heterocycles. The SMILES string of the molecule is CC(C)(CCC/C(=C/CO)CCC(C)(C)[Si](O)(c1ccccc1)c1ccccc1)[Si](O)(c1ccccc1)c1ccccc1. The summed E-state index contributed by atoms with van der Waals surface area (Å²) in [6.45, 7) is 8.83. The van der Waals surface area contributed by atoms with Gasteiger partial charge in [-0.3, -0.25) is 0 Å². The molecule has 4 rings (SSSR count). The van der Waals surface area contributed by atoms with Gasteiger partial charge in [-0.25, -0.2) is 0 Å². The molecule has 0 radical (unpaired) electrons. The smallest absolute Gasteiger partial charge is 0.258 e. The van der Waals surface area contributed by atoms with E-state index in [9.17, 15) is 14.7 Å². The van der Waals surface area contributed by atoms with Crippen LogP contribution in [0.5, 0.6) is 0 Å². The molecule has 0 atom stereocenters. The standard InChI is InChI=1S/C38H48O3Si2/c1-37(2,42(40,33-19-9-5-10-20-33)34-21-11-6-12-22-34)29-17-18-32(28-31-39)27-30-38(3,4)43(41,35-23-13-7-14-24-35)36-25-15-8-16-26-36/h5-16,19-26,28,39-41H,17-18,27,29-31H2,1-4H3/b32-28-. The zero-order valence-electron chi connectivity index (χ0n) is 26.2. The first-order valence-electron chi connectivity index (χ1n) is 15.5. The zero-order chi connectivity index (χ0) is 31.0. The van der Waals surface area contributed by atoms with Crippen molar-refractivity contribution in [2.24, 2.45) is 0 Å². The van der Waals surface area contributed by atoms with Gasteiger partial charge in [-0.1, -0.05) is 161 Å². The van der Waals surface area contributed by atoms with Gasteiger partial charge in [0.1, 0.15) is 0 Å². The second kappa shape index (κ2) is 14.1. The quantitative estimate of drug-likeness (QED) is 0.123. The van der Waals surface area contributed by atoms with E-state index in [2.05, 4.69) is 76.2 Å². The van der Waals surface area contributed by atoms with Crippen molar-refractivity contribution in [1.29, 1.82) is 0 Å². The Morgan fingerprint density at radius 2 is 0.860 bits per heavy atom. The predicted molar refractivity (Wildman–Crippen MR) is 187 cm³/mol. The third-order valence-electron chi connectivity index (χ3n) is 9.48. The Hall–Kier alpha value is -3.07. The van der Waals surface area contributed by atoms with Crippen molar-refractivity contribution < 1.29 is 14.7 Å². The maximum absolute atomic E-state index is 12.6.